The van der Waals surface area contributed by atoms with E-state index in [9.17, 15) is 12.8 Å². The van der Waals surface area contributed by atoms with Gasteiger partial charge in [0.25, 0.3) is 0 Å². The van der Waals surface area contributed by atoms with Crippen LogP contribution < -0.4 is 0 Å². The molecule has 2 aromatic carbocycles. The Morgan fingerprint density at radius 2 is 1.84 bits per heavy atom. The van der Waals surface area contributed by atoms with E-state index in [4.69, 9.17) is 0 Å². The van der Waals surface area contributed by atoms with Gasteiger partial charge in [0.1, 0.15) is 10.8 Å². The molecule has 0 unspecified atom stereocenters. The molecule has 0 saturated carbocycles. The van der Waals surface area contributed by atoms with Crippen LogP contribution in [0.5, 0.6) is 0 Å². The summed E-state index contributed by atoms with van der Waals surface area (Å²) in [6.07, 6.45) is 2.54. The fourth-order valence-electron chi connectivity index (χ4n) is 3.21. The van der Waals surface area contributed by atoms with Gasteiger partial charge in [-0.3, -0.25) is 0 Å². The first kappa shape index (κ1) is 16.6. The van der Waals surface area contributed by atoms with Crippen LogP contribution in [0.1, 0.15) is 30.3 Å². The van der Waals surface area contributed by atoms with Crippen LogP contribution in [0.2, 0.25) is 0 Å². The van der Waals surface area contributed by atoms with Crippen molar-refractivity contribution in [3.05, 3.63) is 59.4 Å². The van der Waals surface area contributed by atoms with E-state index in [1.807, 2.05) is 24.3 Å². The van der Waals surface area contributed by atoms with E-state index < -0.39 is 15.8 Å². The number of aromatic nitrogens is 1. The fraction of sp³-hybridized carbons (Fsp3) is 0.278. The second-order valence-electron chi connectivity index (χ2n) is 6.10. The summed E-state index contributed by atoms with van der Waals surface area (Å²) in [4.78, 5) is 4.79. The molecule has 130 valence electrons. The van der Waals surface area contributed by atoms with Crippen molar-refractivity contribution in [3.8, 4) is 0 Å². The summed E-state index contributed by atoms with van der Waals surface area (Å²) in [6, 6.07) is 12.6. The van der Waals surface area contributed by atoms with E-state index in [0.29, 0.717) is 6.54 Å². The average Bonchev–Trinajstić information content (AvgIpc) is 3.06. The number of fused-ring (bicyclic) bond motifs is 1. The van der Waals surface area contributed by atoms with Crippen molar-refractivity contribution in [1.82, 2.24) is 9.29 Å². The van der Waals surface area contributed by atoms with E-state index in [1.165, 1.54) is 28.6 Å². The van der Waals surface area contributed by atoms with Gasteiger partial charge in [-0.25, -0.2) is 17.8 Å². The van der Waals surface area contributed by atoms with E-state index >= 15 is 0 Å². The summed E-state index contributed by atoms with van der Waals surface area (Å²) in [5, 5.41) is 0.826. The highest BCUT2D eigenvalue weighted by molar-refractivity contribution is 7.89. The van der Waals surface area contributed by atoms with Crippen molar-refractivity contribution in [2.24, 2.45) is 0 Å². The maximum absolute atomic E-state index is 13.2. The van der Waals surface area contributed by atoms with Crippen molar-refractivity contribution < 1.29 is 12.8 Å². The molecule has 1 aliphatic rings. The largest absolute Gasteiger partial charge is 0.243 e. The number of hydrogen-bond acceptors (Lipinski definition) is 4. The smallest absolute Gasteiger partial charge is 0.239 e. The molecule has 0 bridgehead atoms. The second-order valence-corrected chi connectivity index (χ2v) is 9.05. The molecule has 1 aromatic heterocycles. The maximum Gasteiger partial charge on any atom is 0.243 e. The minimum absolute atomic E-state index is 0.127. The molecular formula is C18H17FN2O2S2. The summed E-state index contributed by atoms with van der Waals surface area (Å²) in [5.74, 6) is -0.444. The molecule has 25 heavy (non-hydrogen) atoms. The first-order valence-electron chi connectivity index (χ1n) is 8.18. The van der Waals surface area contributed by atoms with Crippen LogP contribution in [-0.4, -0.2) is 24.3 Å². The molecule has 1 fully saturated rings. The molecule has 0 aliphatic carbocycles. The van der Waals surface area contributed by atoms with E-state index in [1.54, 1.807) is 11.3 Å². The van der Waals surface area contributed by atoms with Crippen molar-refractivity contribution >= 4 is 31.6 Å². The van der Waals surface area contributed by atoms with Crippen LogP contribution in [0, 0.1) is 5.82 Å². The van der Waals surface area contributed by atoms with E-state index in [-0.39, 0.29) is 10.9 Å². The molecule has 0 radical (unpaired) electrons. The third-order valence-corrected chi connectivity index (χ3v) is 7.53. The van der Waals surface area contributed by atoms with Crippen LogP contribution >= 0.6 is 11.3 Å². The van der Waals surface area contributed by atoms with Gasteiger partial charge in [0.2, 0.25) is 10.0 Å². The molecule has 0 spiro atoms. The Bertz CT molecular complexity index is 966. The minimum atomic E-state index is -3.68. The summed E-state index contributed by atoms with van der Waals surface area (Å²) in [5.41, 5.74) is 0.896. The number of nitrogens with zero attached hydrogens (tertiary/aromatic N) is 2. The molecule has 1 aliphatic heterocycles. The van der Waals surface area contributed by atoms with Crippen molar-refractivity contribution in [2.45, 2.75) is 30.2 Å². The SMILES string of the molecule is O=S(=O)(c1ccc(F)cc1)N1CCCC[C@H]1c1nc2ccccc2s1. The van der Waals surface area contributed by atoms with Crippen molar-refractivity contribution in [2.75, 3.05) is 6.54 Å². The number of para-hydroxylation sites is 1. The molecule has 7 heteroatoms. The number of rotatable bonds is 3. The third kappa shape index (κ3) is 3.07. The molecule has 1 saturated heterocycles. The molecule has 0 N–H and O–H groups in total. The number of hydrogen-bond donors (Lipinski definition) is 0. The highest BCUT2D eigenvalue weighted by Crippen LogP contribution is 2.38. The Balaban J connectivity index is 1.74. The Kier molecular flexibility index (Phi) is 4.31. The third-order valence-electron chi connectivity index (χ3n) is 4.47. The Morgan fingerprint density at radius 3 is 2.60 bits per heavy atom. The lowest BCUT2D eigenvalue weighted by molar-refractivity contribution is 0.255. The topological polar surface area (TPSA) is 50.3 Å². The van der Waals surface area contributed by atoms with Crippen LogP contribution in [-0.2, 0) is 10.0 Å². The van der Waals surface area contributed by atoms with Crippen LogP contribution in [0.25, 0.3) is 10.2 Å². The highest BCUT2D eigenvalue weighted by atomic mass is 32.2. The molecule has 3 aromatic rings. The maximum atomic E-state index is 13.2. The van der Waals surface area contributed by atoms with Gasteiger partial charge in [0.15, 0.2) is 0 Å². The van der Waals surface area contributed by atoms with Gasteiger partial charge in [-0.1, -0.05) is 18.6 Å². The van der Waals surface area contributed by atoms with E-state index in [0.717, 1.165) is 34.5 Å². The Morgan fingerprint density at radius 1 is 1.08 bits per heavy atom. The molecular weight excluding hydrogens is 359 g/mol. The minimum Gasteiger partial charge on any atom is -0.239 e. The second kappa shape index (κ2) is 6.48. The zero-order valence-corrected chi connectivity index (χ0v) is 15.1. The van der Waals surface area contributed by atoms with Crippen molar-refractivity contribution in [1.29, 1.82) is 0 Å². The number of benzene rings is 2. The van der Waals surface area contributed by atoms with Gasteiger partial charge in [-0.05, 0) is 49.2 Å². The lowest BCUT2D eigenvalue weighted by Crippen LogP contribution is -2.38. The zero-order chi connectivity index (χ0) is 17.4. The highest BCUT2D eigenvalue weighted by Gasteiger charge is 2.36. The lowest BCUT2D eigenvalue weighted by Gasteiger charge is -2.33. The predicted molar refractivity (Wildman–Crippen MR) is 96.5 cm³/mol. The Hall–Kier alpha value is -1.83. The quantitative estimate of drug-likeness (QED) is 0.683. The first-order valence-corrected chi connectivity index (χ1v) is 10.4. The number of halogens is 1. The van der Waals surface area contributed by atoms with Gasteiger partial charge >= 0.3 is 0 Å². The first-order chi connectivity index (χ1) is 12.1. The van der Waals surface area contributed by atoms with Gasteiger partial charge in [-0.2, -0.15) is 4.31 Å². The molecule has 4 nitrogen and oxygen atoms in total. The van der Waals surface area contributed by atoms with Gasteiger partial charge in [-0.15, -0.1) is 11.3 Å². The lowest BCUT2D eigenvalue weighted by atomic mass is 10.1. The van der Waals surface area contributed by atoms with Crippen LogP contribution in [0.3, 0.4) is 0 Å². The number of sulfonamides is 1. The van der Waals surface area contributed by atoms with E-state index in [2.05, 4.69) is 4.98 Å². The molecule has 0 amide bonds. The molecule has 1 atom stereocenters. The van der Waals surface area contributed by atoms with Gasteiger partial charge in [0.05, 0.1) is 21.2 Å². The van der Waals surface area contributed by atoms with Crippen LogP contribution in [0.4, 0.5) is 4.39 Å². The average molecular weight is 376 g/mol. The number of piperidine rings is 1. The predicted octanol–water partition coefficient (Wildman–Crippen LogP) is 4.35. The fourth-order valence-corrected chi connectivity index (χ4v) is 6.06. The van der Waals surface area contributed by atoms with Crippen LogP contribution in [0.15, 0.2) is 53.4 Å². The summed E-state index contributed by atoms with van der Waals surface area (Å²) < 4.78 is 41.9. The molecule has 4 rings (SSSR count). The van der Waals surface area contributed by atoms with Gasteiger partial charge in [0, 0.05) is 6.54 Å². The summed E-state index contributed by atoms with van der Waals surface area (Å²) in [6.45, 7) is 0.459. The van der Waals surface area contributed by atoms with Gasteiger partial charge < -0.3 is 0 Å². The Labute approximate surface area is 150 Å². The number of thiazole rings is 1. The van der Waals surface area contributed by atoms with Crippen molar-refractivity contribution in [3.63, 3.8) is 0 Å². The monoisotopic (exact) mass is 376 g/mol. The standard InChI is InChI=1S/C18H17FN2O2S2/c19-13-8-10-14(11-9-13)25(22,23)21-12-4-3-6-16(21)18-20-15-5-1-2-7-17(15)24-18/h1-2,5,7-11,16H,3-4,6,12H2/t16-/m0/s1. The molecule has 2 heterocycles. The summed E-state index contributed by atoms with van der Waals surface area (Å²) >= 11 is 1.54. The normalized spacial score (nSPS) is 19.3. The summed E-state index contributed by atoms with van der Waals surface area (Å²) in [7, 11) is -3.68. The zero-order valence-electron chi connectivity index (χ0n) is 13.4.